The van der Waals surface area contributed by atoms with Crippen molar-refractivity contribution in [2.24, 2.45) is 7.05 Å². The maximum Gasteiger partial charge on any atom is 0.255 e. The van der Waals surface area contributed by atoms with Crippen LogP contribution in [0, 0.1) is 6.92 Å². The molecule has 2 aromatic heterocycles. The van der Waals surface area contributed by atoms with Gasteiger partial charge in [0.15, 0.2) is 12.0 Å². The molecule has 0 radical (unpaired) electrons. The monoisotopic (exact) mass is 164 g/mol. The molecule has 0 N–H and O–H groups in total. The van der Waals surface area contributed by atoms with Gasteiger partial charge in [-0.1, -0.05) is 0 Å². The van der Waals surface area contributed by atoms with Gasteiger partial charge < -0.3 is 8.98 Å². The summed E-state index contributed by atoms with van der Waals surface area (Å²) in [5.41, 5.74) is 1.90. The molecule has 0 aliphatic carbocycles. The van der Waals surface area contributed by atoms with Gasteiger partial charge in [0, 0.05) is 12.6 Å². The van der Waals surface area contributed by atoms with Crippen LogP contribution in [0.4, 0.5) is 0 Å². The first kappa shape index (κ1) is 7.09. The number of hydrogen-bond donors (Lipinski definition) is 0. The second-order valence-electron chi connectivity index (χ2n) is 2.74. The highest BCUT2D eigenvalue weighted by Gasteiger charge is 2.06. The third-order valence-corrected chi connectivity index (χ3v) is 1.90. The van der Waals surface area contributed by atoms with Crippen molar-refractivity contribution >= 4 is 11.1 Å². The Balaban J connectivity index is 3.05. The van der Waals surface area contributed by atoms with Crippen molar-refractivity contribution in [3.05, 3.63) is 28.5 Å². The highest BCUT2D eigenvalue weighted by molar-refractivity contribution is 5.74. The molecule has 0 amide bonds. The molecule has 0 saturated carbocycles. The summed E-state index contributed by atoms with van der Waals surface area (Å²) in [4.78, 5) is 15.3. The van der Waals surface area contributed by atoms with E-state index in [0.717, 1.165) is 0 Å². The molecular formula is C8H8N2O2. The normalized spacial score (nSPS) is 10.8. The minimum absolute atomic E-state index is 0.0311. The molecule has 0 spiro atoms. The molecular weight excluding hydrogens is 156 g/mol. The predicted octanol–water partition coefficient (Wildman–Crippen LogP) is 0.835. The summed E-state index contributed by atoms with van der Waals surface area (Å²) in [6.45, 7) is 1.74. The minimum atomic E-state index is -0.0311. The molecule has 4 heteroatoms. The Hall–Kier alpha value is -1.58. The first-order valence-electron chi connectivity index (χ1n) is 3.59. The highest BCUT2D eigenvalue weighted by atomic mass is 16.3. The summed E-state index contributed by atoms with van der Waals surface area (Å²) in [6.07, 6.45) is 2.98. The number of hydrogen-bond acceptors (Lipinski definition) is 3. The molecule has 0 atom stereocenters. The van der Waals surface area contributed by atoms with Crippen LogP contribution in [0.5, 0.6) is 0 Å². The fourth-order valence-electron chi connectivity index (χ4n) is 1.23. The molecule has 0 aliphatic rings. The fraction of sp³-hybridized carbons (Fsp3) is 0.250. The van der Waals surface area contributed by atoms with Crippen molar-refractivity contribution in [3.8, 4) is 0 Å². The van der Waals surface area contributed by atoms with Crippen LogP contribution in [0.15, 0.2) is 21.8 Å². The van der Waals surface area contributed by atoms with E-state index in [1.165, 1.54) is 11.0 Å². The quantitative estimate of drug-likeness (QED) is 0.579. The molecule has 0 unspecified atom stereocenters. The molecule has 2 heterocycles. The second kappa shape index (κ2) is 2.20. The largest absolute Gasteiger partial charge is 0.442 e. The Labute approximate surface area is 68.4 Å². The van der Waals surface area contributed by atoms with Crippen LogP contribution in [-0.4, -0.2) is 9.55 Å². The first-order valence-corrected chi connectivity index (χ1v) is 3.59. The van der Waals surface area contributed by atoms with Crippen LogP contribution in [0.2, 0.25) is 0 Å². The molecule has 0 saturated heterocycles. The highest BCUT2D eigenvalue weighted by Crippen LogP contribution is 2.11. The zero-order valence-electron chi connectivity index (χ0n) is 6.87. The van der Waals surface area contributed by atoms with Gasteiger partial charge in [0.2, 0.25) is 0 Å². The van der Waals surface area contributed by atoms with Gasteiger partial charge >= 0.3 is 0 Å². The number of nitrogens with zero attached hydrogens (tertiary/aromatic N) is 2. The second-order valence-corrected chi connectivity index (χ2v) is 2.74. The lowest BCUT2D eigenvalue weighted by molar-refractivity contribution is 0.597. The lowest BCUT2D eigenvalue weighted by atomic mass is 10.3. The van der Waals surface area contributed by atoms with Gasteiger partial charge in [0.25, 0.3) is 5.56 Å². The maximum absolute atomic E-state index is 11.4. The standard InChI is InChI=1S/C8H8N2O2/c1-5-7-6(12-4-9-7)3-10(2)8(5)11/h3-4H,1-2H3. The molecule has 4 nitrogen and oxygen atoms in total. The molecule has 62 valence electrons. The zero-order valence-corrected chi connectivity index (χ0v) is 6.87. The first-order chi connectivity index (χ1) is 5.70. The zero-order chi connectivity index (χ0) is 8.72. The average Bonchev–Trinajstić information content (AvgIpc) is 2.48. The Morgan fingerprint density at radius 2 is 2.33 bits per heavy atom. The van der Waals surface area contributed by atoms with E-state index in [-0.39, 0.29) is 5.56 Å². The van der Waals surface area contributed by atoms with E-state index in [4.69, 9.17) is 4.42 Å². The van der Waals surface area contributed by atoms with E-state index >= 15 is 0 Å². The van der Waals surface area contributed by atoms with E-state index in [9.17, 15) is 4.79 Å². The topological polar surface area (TPSA) is 48.0 Å². The van der Waals surface area contributed by atoms with E-state index in [2.05, 4.69) is 4.98 Å². The fourth-order valence-corrected chi connectivity index (χ4v) is 1.23. The molecule has 0 bridgehead atoms. The van der Waals surface area contributed by atoms with Crippen LogP contribution in [0.25, 0.3) is 11.1 Å². The smallest absolute Gasteiger partial charge is 0.255 e. The number of oxazole rings is 1. The summed E-state index contributed by atoms with van der Waals surface area (Å²) < 4.78 is 6.55. The summed E-state index contributed by atoms with van der Waals surface area (Å²) in [7, 11) is 1.69. The van der Waals surface area contributed by atoms with Crippen LogP contribution in [0.3, 0.4) is 0 Å². The number of rotatable bonds is 0. The molecule has 0 aliphatic heterocycles. The van der Waals surface area contributed by atoms with E-state index < -0.39 is 0 Å². The average molecular weight is 164 g/mol. The number of fused-ring (bicyclic) bond motifs is 1. The summed E-state index contributed by atoms with van der Waals surface area (Å²) in [6, 6.07) is 0. The molecule has 0 aromatic carbocycles. The van der Waals surface area contributed by atoms with Crippen LogP contribution >= 0.6 is 0 Å². The van der Waals surface area contributed by atoms with Crippen molar-refractivity contribution in [1.82, 2.24) is 9.55 Å². The van der Waals surface area contributed by atoms with Crippen molar-refractivity contribution in [3.63, 3.8) is 0 Å². The predicted molar refractivity (Wildman–Crippen MR) is 44.0 cm³/mol. The van der Waals surface area contributed by atoms with E-state index in [0.29, 0.717) is 16.7 Å². The minimum Gasteiger partial charge on any atom is -0.442 e. The Morgan fingerprint density at radius 1 is 1.58 bits per heavy atom. The van der Waals surface area contributed by atoms with Gasteiger partial charge in [-0.3, -0.25) is 4.79 Å². The van der Waals surface area contributed by atoms with Crippen molar-refractivity contribution < 1.29 is 4.42 Å². The third-order valence-electron chi connectivity index (χ3n) is 1.90. The molecule has 0 fully saturated rings. The summed E-state index contributed by atoms with van der Waals surface area (Å²) in [5.74, 6) is 0. The van der Waals surface area contributed by atoms with Crippen LogP contribution in [-0.2, 0) is 7.05 Å². The van der Waals surface area contributed by atoms with Gasteiger partial charge in [-0.2, -0.15) is 0 Å². The van der Waals surface area contributed by atoms with Crippen molar-refractivity contribution in [2.75, 3.05) is 0 Å². The number of pyridine rings is 1. The number of aryl methyl sites for hydroxylation is 2. The van der Waals surface area contributed by atoms with Crippen LogP contribution in [0.1, 0.15) is 5.56 Å². The van der Waals surface area contributed by atoms with Crippen molar-refractivity contribution in [1.29, 1.82) is 0 Å². The van der Waals surface area contributed by atoms with E-state index in [1.807, 2.05) is 0 Å². The van der Waals surface area contributed by atoms with E-state index in [1.54, 1.807) is 20.2 Å². The number of aromatic nitrogens is 2. The van der Waals surface area contributed by atoms with Crippen LogP contribution < -0.4 is 5.56 Å². The lowest BCUT2D eigenvalue weighted by Gasteiger charge is -1.97. The van der Waals surface area contributed by atoms with Gasteiger partial charge in [-0.15, -0.1) is 0 Å². The lowest BCUT2D eigenvalue weighted by Crippen LogP contribution is -2.18. The molecule has 2 aromatic rings. The summed E-state index contributed by atoms with van der Waals surface area (Å²) >= 11 is 0. The maximum atomic E-state index is 11.4. The van der Waals surface area contributed by atoms with Gasteiger partial charge in [-0.25, -0.2) is 4.98 Å². The van der Waals surface area contributed by atoms with Gasteiger partial charge in [0.1, 0.15) is 5.52 Å². The Bertz CT molecular complexity index is 481. The van der Waals surface area contributed by atoms with Gasteiger partial charge in [-0.05, 0) is 6.92 Å². The Kier molecular flexibility index (Phi) is 1.30. The van der Waals surface area contributed by atoms with Gasteiger partial charge in [0.05, 0.1) is 6.20 Å². The van der Waals surface area contributed by atoms with Crippen molar-refractivity contribution in [2.45, 2.75) is 6.92 Å². The Morgan fingerprint density at radius 3 is 3.08 bits per heavy atom. The molecule has 2 rings (SSSR count). The SMILES string of the molecule is Cc1c(=O)n(C)cc2ocnc12. The molecule has 12 heavy (non-hydrogen) atoms. The third kappa shape index (κ3) is 0.777. The summed E-state index contributed by atoms with van der Waals surface area (Å²) in [5, 5.41) is 0.